The molecule has 3 heterocycles. The Bertz CT molecular complexity index is 909. The molecule has 0 saturated carbocycles. The molecule has 8 nitrogen and oxygen atoms in total. The fourth-order valence-corrected chi connectivity index (χ4v) is 5.96. The molecule has 1 aromatic carbocycles. The van der Waals surface area contributed by atoms with Gasteiger partial charge >= 0.3 is 0 Å². The molecule has 3 aliphatic rings. The van der Waals surface area contributed by atoms with Crippen LogP contribution in [-0.4, -0.2) is 65.2 Å². The number of hydrogen-bond donors (Lipinski definition) is 3. The van der Waals surface area contributed by atoms with Gasteiger partial charge in [-0.2, -0.15) is 0 Å². The number of benzene rings is 1. The van der Waals surface area contributed by atoms with E-state index in [4.69, 9.17) is 21.4 Å². The molecule has 4 rings (SSSR count). The van der Waals surface area contributed by atoms with Gasteiger partial charge in [0.1, 0.15) is 11.6 Å². The summed E-state index contributed by atoms with van der Waals surface area (Å²) < 4.78 is 6.48. The number of nitrogens with one attached hydrogen (secondary N) is 2. The molecular formula is C23H30ClN3O5. The second kappa shape index (κ2) is 8.65. The van der Waals surface area contributed by atoms with Crippen molar-refractivity contribution in [3.63, 3.8) is 0 Å². The summed E-state index contributed by atoms with van der Waals surface area (Å²) in [4.78, 5) is 41.6. The molecule has 3 saturated heterocycles. The van der Waals surface area contributed by atoms with E-state index >= 15 is 0 Å². The van der Waals surface area contributed by atoms with Crippen LogP contribution in [0.1, 0.15) is 39.0 Å². The SMILES string of the molecule is CNC(=O)[C@H]1[C@H]2C(=O)N(CCCCCO)C(C(=O)Nc3ccc(Cl)cc3)C23CC[C@]1(C)O3. The van der Waals surface area contributed by atoms with Crippen LogP contribution in [0.5, 0.6) is 0 Å². The number of amides is 3. The first-order valence-corrected chi connectivity index (χ1v) is 11.5. The Kier molecular flexibility index (Phi) is 6.22. The van der Waals surface area contributed by atoms with Crippen LogP contribution >= 0.6 is 11.6 Å². The number of hydrogen-bond acceptors (Lipinski definition) is 5. The first kappa shape index (κ1) is 23.0. The number of aliphatic hydroxyl groups is 1. The molecule has 1 spiro atoms. The van der Waals surface area contributed by atoms with Crippen LogP contribution in [0.2, 0.25) is 5.02 Å². The Morgan fingerprint density at radius 1 is 1.19 bits per heavy atom. The summed E-state index contributed by atoms with van der Waals surface area (Å²) in [6.07, 6.45) is 3.17. The van der Waals surface area contributed by atoms with Gasteiger partial charge in [-0.15, -0.1) is 0 Å². The Labute approximate surface area is 192 Å². The molecule has 3 amide bonds. The van der Waals surface area contributed by atoms with E-state index < -0.39 is 29.1 Å². The van der Waals surface area contributed by atoms with Crippen molar-refractivity contribution in [1.82, 2.24) is 10.2 Å². The summed E-state index contributed by atoms with van der Waals surface area (Å²) in [6.45, 7) is 2.32. The van der Waals surface area contributed by atoms with E-state index in [2.05, 4.69) is 10.6 Å². The molecule has 0 radical (unpaired) electrons. The van der Waals surface area contributed by atoms with Crippen LogP contribution in [0, 0.1) is 11.8 Å². The third kappa shape index (κ3) is 3.58. The van der Waals surface area contributed by atoms with Gasteiger partial charge in [0.25, 0.3) is 0 Å². The lowest BCUT2D eigenvalue weighted by Gasteiger charge is -2.33. The monoisotopic (exact) mass is 463 g/mol. The summed E-state index contributed by atoms with van der Waals surface area (Å²) in [7, 11) is 1.56. The first-order valence-electron chi connectivity index (χ1n) is 11.2. The number of ether oxygens (including phenoxy) is 1. The van der Waals surface area contributed by atoms with Crippen molar-refractivity contribution in [2.75, 3.05) is 25.5 Å². The highest BCUT2D eigenvalue weighted by atomic mass is 35.5. The summed E-state index contributed by atoms with van der Waals surface area (Å²) in [5.74, 6) is -2.09. The summed E-state index contributed by atoms with van der Waals surface area (Å²) >= 11 is 5.96. The van der Waals surface area contributed by atoms with Gasteiger partial charge in [-0.1, -0.05) is 11.6 Å². The number of fused-ring (bicyclic) bond motifs is 1. The molecule has 3 N–H and O–H groups in total. The van der Waals surface area contributed by atoms with Crippen molar-refractivity contribution in [2.24, 2.45) is 11.8 Å². The topological polar surface area (TPSA) is 108 Å². The molecule has 0 aliphatic carbocycles. The molecule has 5 atom stereocenters. The number of rotatable bonds is 8. The van der Waals surface area contributed by atoms with Crippen molar-refractivity contribution < 1.29 is 24.2 Å². The highest BCUT2D eigenvalue weighted by Crippen LogP contribution is 2.63. The van der Waals surface area contributed by atoms with Gasteiger partial charge in [-0.25, -0.2) is 0 Å². The lowest BCUT2D eigenvalue weighted by molar-refractivity contribution is -0.144. The fourth-order valence-electron chi connectivity index (χ4n) is 5.84. The number of halogens is 1. The van der Waals surface area contributed by atoms with Crippen molar-refractivity contribution in [3.8, 4) is 0 Å². The van der Waals surface area contributed by atoms with Crippen molar-refractivity contribution in [2.45, 2.75) is 56.3 Å². The van der Waals surface area contributed by atoms with Gasteiger partial charge in [0.15, 0.2) is 0 Å². The van der Waals surface area contributed by atoms with Crippen molar-refractivity contribution in [1.29, 1.82) is 0 Å². The van der Waals surface area contributed by atoms with E-state index in [0.717, 1.165) is 6.42 Å². The minimum absolute atomic E-state index is 0.0845. The molecule has 174 valence electrons. The van der Waals surface area contributed by atoms with Gasteiger partial charge in [-0.05, 0) is 63.3 Å². The van der Waals surface area contributed by atoms with Crippen LogP contribution in [0.3, 0.4) is 0 Å². The zero-order valence-electron chi connectivity index (χ0n) is 18.4. The lowest BCUT2D eigenvalue weighted by atomic mass is 9.66. The fraction of sp³-hybridized carbons (Fsp3) is 0.609. The summed E-state index contributed by atoms with van der Waals surface area (Å²) in [5.41, 5.74) is -1.23. The maximum Gasteiger partial charge on any atom is 0.250 e. The number of carbonyl (C=O) groups excluding carboxylic acids is 3. The van der Waals surface area contributed by atoms with Gasteiger partial charge in [0, 0.05) is 30.9 Å². The van der Waals surface area contributed by atoms with E-state index in [9.17, 15) is 14.4 Å². The molecule has 9 heteroatoms. The van der Waals surface area contributed by atoms with Crippen LogP contribution in [0.4, 0.5) is 5.69 Å². The maximum atomic E-state index is 13.6. The predicted octanol–water partition coefficient (Wildman–Crippen LogP) is 1.95. The van der Waals surface area contributed by atoms with Gasteiger partial charge < -0.3 is 25.4 Å². The number of likely N-dealkylation sites (tertiary alicyclic amines) is 1. The standard InChI is InChI=1S/C23H30ClN3O5/c1-22-10-11-23(32-22)17(16(22)19(29)25-2)21(31)27(12-4-3-5-13-28)18(23)20(30)26-15-8-6-14(24)7-9-15/h6-9,16-18,28H,3-5,10-13H2,1-2H3,(H,25,29)(H,26,30)/t16-,17+,18?,22+,23?/m1/s1. The average molecular weight is 464 g/mol. The minimum atomic E-state index is -1.03. The number of unbranched alkanes of at least 4 members (excludes halogenated alkanes) is 2. The minimum Gasteiger partial charge on any atom is -0.396 e. The van der Waals surface area contributed by atoms with Crippen LogP contribution < -0.4 is 10.6 Å². The molecular weight excluding hydrogens is 434 g/mol. The first-order chi connectivity index (χ1) is 15.3. The van der Waals surface area contributed by atoms with Gasteiger partial charge in [-0.3, -0.25) is 14.4 Å². The van der Waals surface area contributed by atoms with Crippen molar-refractivity contribution >= 4 is 35.0 Å². The number of anilines is 1. The van der Waals surface area contributed by atoms with E-state index in [1.165, 1.54) is 0 Å². The zero-order valence-corrected chi connectivity index (χ0v) is 19.2. The molecule has 3 aliphatic heterocycles. The molecule has 0 aromatic heterocycles. The largest absolute Gasteiger partial charge is 0.396 e. The third-order valence-electron chi connectivity index (χ3n) is 7.22. The van der Waals surface area contributed by atoms with E-state index in [0.29, 0.717) is 42.9 Å². The van der Waals surface area contributed by atoms with Gasteiger partial charge in [0.05, 0.1) is 17.4 Å². The molecule has 2 unspecified atom stereocenters. The average Bonchev–Trinajstić information content (AvgIpc) is 3.33. The van der Waals surface area contributed by atoms with Crippen LogP contribution in [0.15, 0.2) is 24.3 Å². The van der Waals surface area contributed by atoms with E-state index in [1.807, 2.05) is 6.92 Å². The van der Waals surface area contributed by atoms with E-state index in [1.54, 1.807) is 36.2 Å². The Morgan fingerprint density at radius 3 is 2.56 bits per heavy atom. The summed E-state index contributed by atoms with van der Waals surface area (Å²) in [5, 5.41) is 15.2. The highest BCUT2D eigenvalue weighted by Gasteiger charge is 2.77. The second-order valence-corrected chi connectivity index (χ2v) is 9.59. The Hall–Kier alpha value is -2.16. The predicted molar refractivity (Wildman–Crippen MR) is 119 cm³/mol. The molecule has 1 aromatic rings. The number of aliphatic hydroxyl groups excluding tert-OH is 1. The quantitative estimate of drug-likeness (QED) is 0.511. The number of nitrogens with zero attached hydrogens (tertiary/aromatic N) is 1. The smallest absolute Gasteiger partial charge is 0.250 e. The van der Waals surface area contributed by atoms with Crippen LogP contribution in [-0.2, 0) is 19.1 Å². The second-order valence-electron chi connectivity index (χ2n) is 9.15. The highest BCUT2D eigenvalue weighted by molar-refractivity contribution is 6.30. The van der Waals surface area contributed by atoms with Crippen molar-refractivity contribution in [3.05, 3.63) is 29.3 Å². The third-order valence-corrected chi connectivity index (χ3v) is 7.47. The normalized spacial score (nSPS) is 32.8. The molecule has 2 bridgehead atoms. The Balaban J connectivity index is 1.67. The number of carbonyl (C=O) groups is 3. The van der Waals surface area contributed by atoms with Gasteiger partial charge in [0.2, 0.25) is 17.7 Å². The Morgan fingerprint density at radius 2 is 1.91 bits per heavy atom. The van der Waals surface area contributed by atoms with E-state index in [-0.39, 0.29) is 24.3 Å². The maximum absolute atomic E-state index is 13.6. The summed E-state index contributed by atoms with van der Waals surface area (Å²) in [6, 6.07) is 5.95. The zero-order chi connectivity index (χ0) is 23.1. The molecule has 3 fully saturated rings. The van der Waals surface area contributed by atoms with Crippen LogP contribution in [0.25, 0.3) is 0 Å². The molecule has 32 heavy (non-hydrogen) atoms. The lowest BCUT2D eigenvalue weighted by Crippen LogP contribution is -2.53.